The molecule has 0 atom stereocenters. The van der Waals surface area contributed by atoms with Gasteiger partial charge in [0.1, 0.15) is 0 Å². The van der Waals surface area contributed by atoms with Crippen molar-refractivity contribution in [1.82, 2.24) is 0 Å². The zero-order valence-corrected chi connectivity index (χ0v) is 16.5. The van der Waals surface area contributed by atoms with E-state index in [1.807, 2.05) is 6.07 Å². The molecule has 0 fully saturated rings. The first-order chi connectivity index (χ1) is 12.1. The van der Waals surface area contributed by atoms with Crippen LogP contribution >= 0.6 is 0 Å². The van der Waals surface area contributed by atoms with E-state index in [-0.39, 0.29) is 6.42 Å². The number of carboxylic acids is 1. The summed E-state index contributed by atoms with van der Waals surface area (Å²) in [6, 6.07) is 6.09. The Balaban J connectivity index is 2.05. The minimum absolute atomic E-state index is 0.131. The van der Waals surface area contributed by atoms with Crippen LogP contribution in [0.5, 0.6) is 0 Å². The van der Waals surface area contributed by atoms with Gasteiger partial charge in [0, 0.05) is 0 Å². The van der Waals surface area contributed by atoms with Crippen LogP contribution in [0.3, 0.4) is 0 Å². The Bertz CT molecular complexity index is 479. The van der Waals surface area contributed by atoms with Gasteiger partial charge >= 0.3 is 5.97 Å². The Kier molecular flexibility index (Phi) is 12.1. The third-order valence-corrected chi connectivity index (χ3v) is 5.07. The van der Waals surface area contributed by atoms with Crippen LogP contribution in [0.4, 0.5) is 0 Å². The molecule has 0 heterocycles. The molecule has 0 aliphatic carbocycles. The molecule has 0 spiro atoms. The normalized spacial score (nSPS) is 11.0. The smallest absolute Gasteiger partial charge is 0.307 e. The fraction of sp³-hybridized carbons (Fsp3) is 0.696. The summed E-state index contributed by atoms with van der Waals surface area (Å²) < 4.78 is 0. The average Bonchev–Trinajstić information content (AvgIpc) is 2.58. The standard InChI is InChI=1S/C23H38O2/c1-3-4-5-6-7-8-9-10-11-12-13-14-15-22-18-21(19-23(24)25)17-16-20(22)2/h16-18H,3-15,19H2,1-2H3,(H,24,25). The summed E-state index contributed by atoms with van der Waals surface area (Å²) in [5, 5.41) is 8.92. The van der Waals surface area contributed by atoms with E-state index >= 15 is 0 Å². The highest BCUT2D eigenvalue weighted by Gasteiger charge is 2.04. The Labute approximate surface area is 155 Å². The lowest BCUT2D eigenvalue weighted by atomic mass is 9.98. The highest BCUT2D eigenvalue weighted by Crippen LogP contribution is 2.17. The van der Waals surface area contributed by atoms with Crippen LogP contribution in [-0.4, -0.2) is 11.1 Å². The first-order valence-electron chi connectivity index (χ1n) is 10.4. The van der Waals surface area contributed by atoms with Crippen LogP contribution < -0.4 is 0 Å². The molecule has 2 heteroatoms. The number of carboxylic acid groups (broad SMARTS) is 1. The zero-order valence-electron chi connectivity index (χ0n) is 16.5. The molecule has 0 radical (unpaired) electrons. The zero-order chi connectivity index (χ0) is 18.3. The van der Waals surface area contributed by atoms with Crippen molar-refractivity contribution >= 4 is 5.97 Å². The minimum Gasteiger partial charge on any atom is -0.481 e. The van der Waals surface area contributed by atoms with E-state index in [2.05, 4.69) is 26.0 Å². The van der Waals surface area contributed by atoms with Gasteiger partial charge in [0.2, 0.25) is 0 Å². The Morgan fingerprint density at radius 2 is 1.36 bits per heavy atom. The number of rotatable bonds is 15. The summed E-state index contributed by atoms with van der Waals surface area (Å²) in [6.07, 6.45) is 17.6. The third kappa shape index (κ3) is 11.0. The number of carbonyl (C=O) groups is 1. The Morgan fingerprint density at radius 1 is 0.840 bits per heavy atom. The maximum Gasteiger partial charge on any atom is 0.307 e. The lowest BCUT2D eigenvalue weighted by Gasteiger charge is -2.08. The summed E-state index contributed by atoms with van der Waals surface area (Å²) in [4.78, 5) is 10.8. The Hall–Kier alpha value is -1.31. The second kappa shape index (κ2) is 13.9. The van der Waals surface area contributed by atoms with E-state index in [9.17, 15) is 4.79 Å². The van der Waals surface area contributed by atoms with E-state index in [4.69, 9.17) is 5.11 Å². The van der Waals surface area contributed by atoms with Gasteiger partial charge in [-0.15, -0.1) is 0 Å². The second-order valence-electron chi connectivity index (χ2n) is 7.47. The Morgan fingerprint density at radius 3 is 1.88 bits per heavy atom. The first kappa shape index (κ1) is 21.7. The second-order valence-corrected chi connectivity index (χ2v) is 7.47. The molecule has 0 aliphatic rings. The van der Waals surface area contributed by atoms with Gasteiger partial charge in [-0.2, -0.15) is 0 Å². The molecular weight excluding hydrogens is 308 g/mol. The first-order valence-corrected chi connectivity index (χ1v) is 10.4. The maximum absolute atomic E-state index is 10.8. The number of unbranched alkanes of at least 4 members (excludes halogenated alkanes) is 11. The number of aryl methyl sites for hydroxylation is 2. The molecule has 142 valence electrons. The molecule has 1 rings (SSSR count). The van der Waals surface area contributed by atoms with Gasteiger partial charge in [0.15, 0.2) is 0 Å². The van der Waals surface area contributed by atoms with Crippen LogP contribution in [0.1, 0.15) is 101 Å². The van der Waals surface area contributed by atoms with Crippen LogP contribution in [0.15, 0.2) is 18.2 Å². The number of hydrogen-bond donors (Lipinski definition) is 1. The van der Waals surface area contributed by atoms with Gasteiger partial charge in [-0.25, -0.2) is 0 Å². The lowest BCUT2D eigenvalue weighted by Crippen LogP contribution is -2.01. The van der Waals surface area contributed by atoms with Crippen molar-refractivity contribution in [3.63, 3.8) is 0 Å². The quantitative estimate of drug-likeness (QED) is 0.352. The SMILES string of the molecule is CCCCCCCCCCCCCCc1cc(CC(=O)O)ccc1C. The van der Waals surface area contributed by atoms with Crippen molar-refractivity contribution in [2.75, 3.05) is 0 Å². The molecule has 0 bridgehead atoms. The molecule has 1 N–H and O–H groups in total. The molecule has 0 saturated heterocycles. The molecule has 0 amide bonds. The molecule has 1 aromatic carbocycles. The minimum atomic E-state index is -0.750. The summed E-state index contributed by atoms with van der Waals surface area (Å²) in [5.41, 5.74) is 3.54. The van der Waals surface area contributed by atoms with Crippen molar-refractivity contribution in [3.05, 3.63) is 34.9 Å². The maximum atomic E-state index is 10.8. The topological polar surface area (TPSA) is 37.3 Å². The van der Waals surface area contributed by atoms with Gasteiger partial charge < -0.3 is 5.11 Å². The van der Waals surface area contributed by atoms with E-state index in [0.29, 0.717) is 0 Å². The fourth-order valence-electron chi connectivity index (χ4n) is 3.44. The van der Waals surface area contributed by atoms with Gasteiger partial charge in [-0.1, -0.05) is 95.8 Å². The molecule has 0 aromatic heterocycles. The highest BCUT2D eigenvalue weighted by atomic mass is 16.4. The van der Waals surface area contributed by atoms with E-state index in [0.717, 1.165) is 12.0 Å². The molecule has 0 saturated carbocycles. The van der Waals surface area contributed by atoms with Gasteiger partial charge in [0.25, 0.3) is 0 Å². The van der Waals surface area contributed by atoms with Crippen LogP contribution in [0.25, 0.3) is 0 Å². The van der Waals surface area contributed by atoms with Gasteiger partial charge in [-0.05, 0) is 36.5 Å². The molecule has 1 aromatic rings. The summed E-state index contributed by atoms with van der Waals surface area (Å²) in [5.74, 6) is -0.750. The molecule has 2 nitrogen and oxygen atoms in total. The third-order valence-electron chi connectivity index (χ3n) is 5.07. The van der Waals surface area contributed by atoms with Gasteiger partial charge in [-0.3, -0.25) is 4.79 Å². The van der Waals surface area contributed by atoms with E-state index in [1.54, 1.807) is 0 Å². The largest absolute Gasteiger partial charge is 0.481 e. The van der Waals surface area contributed by atoms with Crippen molar-refractivity contribution in [1.29, 1.82) is 0 Å². The molecule has 25 heavy (non-hydrogen) atoms. The van der Waals surface area contributed by atoms with Crippen molar-refractivity contribution in [2.24, 2.45) is 0 Å². The number of aliphatic carboxylic acids is 1. The number of hydrogen-bond acceptors (Lipinski definition) is 1. The summed E-state index contributed by atoms with van der Waals surface area (Å²) in [7, 11) is 0. The van der Waals surface area contributed by atoms with Crippen molar-refractivity contribution < 1.29 is 9.90 Å². The lowest BCUT2D eigenvalue weighted by molar-refractivity contribution is -0.136. The van der Waals surface area contributed by atoms with Crippen LogP contribution in [0, 0.1) is 6.92 Å². The number of benzene rings is 1. The fourth-order valence-corrected chi connectivity index (χ4v) is 3.44. The molecule has 0 aliphatic heterocycles. The van der Waals surface area contributed by atoms with Crippen LogP contribution in [-0.2, 0) is 17.6 Å². The van der Waals surface area contributed by atoms with E-state index < -0.39 is 5.97 Å². The molecule has 0 unspecified atom stereocenters. The summed E-state index contributed by atoms with van der Waals surface area (Å²) in [6.45, 7) is 4.40. The highest BCUT2D eigenvalue weighted by molar-refractivity contribution is 5.70. The van der Waals surface area contributed by atoms with Gasteiger partial charge in [0.05, 0.1) is 6.42 Å². The van der Waals surface area contributed by atoms with Crippen molar-refractivity contribution in [2.45, 2.75) is 104 Å². The van der Waals surface area contributed by atoms with Crippen LogP contribution in [0.2, 0.25) is 0 Å². The van der Waals surface area contributed by atoms with Crippen molar-refractivity contribution in [3.8, 4) is 0 Å². The summed E-state index contributed by atoms with van der Waals surface area (Å²) >= 11 is 0. The molecular formula is C23H38O2. The predicted molar refractivity (Wildman–Crippen MR) is 107 cm³/mol. The van der Waals surface area contributed by atoms with E-state index in [1.165, 1.54) is 88.2 Å². The average molecular weight is 347 g/mol. The monoisotopic (exact) mass is 346 g/mol. The predicted octanol–water partition coefficient (Wildman–Crippen LogP) is 6.87.